The molecule has 280 valence electrons. The Bertz CT molecular complexity index is 1710. The zero-order chi connectivity index (χ0) is 36.9. The molecule has 1 saturated carbocycles. The number of amides is 1. The number of benzene rings is 3. The van der Waals surface area contributed by atoms with Crippen molar-refractivity contribution in [3.63, 3.8) is 0 Å². The second kappa shape index (κ2) is 16.1. The molecule has 3 aromatic carbocycles. The molecule has 0 unspecified atom stereocenters. The maximum absolute atomic E-state index is 12.5. The third kappa shape index (κ3) is 8.58. The Morgan fingerprint density at radius 3 is 2.02 bits per heavy atom. The minimum absolute atomic E-state index is 0.0450. The second-order valence-electron chi connectivity index (χ2n) is 16.9. The standard InChI is InChI=1S/C43H58N2O6Si/c1-42(2,3)49-41(47)45-27-25-31(26-28-45)19-23-38-36-22-24-39(37(29-46)40(36)50-44-38)48-30-32-17-20-33(21-18-32)51-52(43(4,5)6,34-13-9-7-10-14-34)35-15-11-8-12-16-35/h7-16,22,24,31-33,46H,17-21,23,25-30H2,1-6H3. The van der Waals surface area contributed by atoms with Crippen molar-refractivity contribution >= 4 is 35.8 Å². The van der Waals surface area contributed by atoms with Gasteiger partial charge in [0.25, 0.3) is 8.32 Å². The summed E-state index contributed by atoms with van der Waals surface area (Å²) in [6.07, 6.45) is 7.67. The number of hydrogen-bond donors (Lipinski definition) is 1. The molecule has 0 bridgehead atoms. The highest BCUT2D eigenvalue weighted by Gasteiger charge is 2.51. The maximum Gasteiger partial charge on any atom is 0.410 e. The van der Waals surface area contributed by atoms with E-state index in [4.69, 9.17) is 18.4 Å². The van der Waals surface area contributed by atoms with Crippen molar-refractivity contribution < 1.29 is 28.3 Å². The van der Waals surface area contributed by atoms with Gasteiger partial charge in [0, 0.05) is 24.6 Å². The van der Waals surface area contributed by atoms with E-state index in [2.05, 4.69) is 86.6 Å². The first-order valence-corrected chi connectivity index (χ1v) is 21.2. The molecule has 1 aromatic heterocycles. The highest BCUT2D eigenvalue weighted by molar-refractivity contribution is 6.99. The van der Waals surface area contributed by atoms with Crippen LogP contribution >= 0.6 is 0 Å². The van der Waals surface area contributed by atoms with E-state index in [0.717, 1.165) is 62.4 Å². The van der Waals surface area contributed by atoms with E-state index in [1.54, 1.807) is 0 Å². The number of carbonyl (C=O) groups is 1. The number of aliphatic hydroxyl groups excluding tert-OH is 1. The third-order valence-corrected chi connectivity index (χ3v) is 16.1. The van der Waals surface area contributed by atoms with E-state index < -0.39 is 13.9 Å². The molecule has 2 heterocycles. The number of aromatic nitrogens is 1. The third-order valence-electron chi connectivity index (χ3n) is 11.0. The van der Waals surface area contributed by atoms with E-state index >= 15 is 0 Å². The first-order chi connectivity index (χ1) is 24.9. The molecule has 52 heavy (non-hydrogen) atoms. The summed E-state index contributed by atoms with van der Waals surface area (Å²) in [7, 11) is -2.59. The van der Waals surface area contributed by atoms with Crippen LogP contribution in [0.25, 0.3) is 11.0 Å². The summed E-state index contributed by atoms with van der Waals surface area (Å²) in [5.74, 6) is 1.58. The van der Waals surface area contributed by atoms with Crippen LogP contribution in [0.2, 0.25) is 5.04 Å². The average Bonchev–Trinajstić information content (AvgIpc) is 3.55. The van der Waals surface area contributed by atoms with Crippen molar-refractivity contribution in [3.8, 4) is 5.75 Å². The quantitative estimate of drug-likeness (QED) is 0.155. The molecule has 4 aromatic rings. The van der Waals surface area contributed by atoms with Crippen LogP contribution in [0.5, 0.6) is 5.75 Å². The summed E-state index contributed by atoms with van der Waals surface area (Å²) in [5, 5.41) is 18.4. The zero-order valence-corrected chi connectivity index (χ0v) is 33.0. The predicted molar refractivity (Wildman–Crippen MR) is 209 cm³/mol. The van der Waals surface area contributed by atoms with Crippen LogP contribution in [-0.2, 0) is 22.2 Å². The SMILES string of the molecule is CC(C)(C)OC(=O)N1CCC(CCc2noc3c(CO)c(OCC4CCC(O[Si](c5ccccc5)(c5ccccc5)C(C)(C)C)CC4)ccc23)CC1. The second-order valence-corrected chi connectivity index (χ2v) is 21.1. The van der Waals surface area contributed by atoms with Crippen molar-refractivity contribution in [1.82, 2.24) is 10.1 Å². The van der Waals surface area contributed by atoms with E-state index in [0.29, 0.717) is 48.4 Å². The number of likely N-dealkylation sites (tertiary alicyclic amines) is 1. The lowest BCUT2D eigenvalue weighted by molar-refractivity contribution is 0.0181. The van der Waals surface area contributed by atoms with E-state index in [1.807, 2.05) is 37.8 Å². The maximum atomic E-state index is 12.5. The summed E-state index contributed by atoms with van der Waals surface area (Å²) >= 11 is 0. The van der Waals surface area contributed by atoms with Gasteiger partial charge in [-0.15, -0.1) is 0 Å². The van der Waals surface area contributed by atoms with Crippen LogP contribution in [0.4, 0.5) is 4.79 Å². The zero-order valence-electron chi connectivity index (χ0n) is 32.0. The fourth-order valence-electron chi connectivity index (χ4n) is 8.19. The number of rotatable bonds is 11. The van der Waals surface area contributed by atoms with Gasteiger partial charge in [-0.05, 0) is 112 Å². The van der Waals surface area contributed by atoms with Crippen molar-refractivity contribution in [1.29, 1.82) is 0 Å². The van der Waals surface area contributed by atoms with Gasteiger partial charge in [0.15, 0.2) is 5.58 Å². The molecule has 1 amide bonds. The van der Waals surface area contributed by atoms with Crippen LogP contribution < -0.4 is 15.1 Å². The number of hydrogen-bond acceptors (Lipinski definition) is 7. The Morgan fingerprint density at radius 2 is 1.46 bits per heavy atom. The Hall–Kier alpha value is -3.66. The summed E-state index contributed by atoms with van der Waals surface area (Å²) in [5.41, 5.74) is 1.69. The fourth-order valence-corrected chi connectivity index (χ4v) is 12.9. The minimum Gasteiger partial charge on any atom is -0.493 e. The Labute approximate surface area is 311 Å². The fraction of sp³-hybridized carbons (Fsp3) is 0.535. The minimum atomic E-state index is -2.59. The van der Waals surface area contributed by atoms with E-state index in [9.17, 15) is 9.90 Å². The van der Waals surface area contributed by atoms with Gasteiger partial charge in [-0.25, -0.2) is 4.79 Å². The molecule has 9 heteroatoms. The van der Waals surface area contributed by atoms with E-state index in [1.165, 1.54) is 10.4 Å². The molecule has 6 rings (SSSR count). The smallest absolute Gasteiger partial charge is 0.410 e. The molecule has 1 aliphatic heterocycles. The number of carbonyl (C=O) groups excluding carboxylic acids is 1. The topological polar surface area (TPSA) is 94.3 Å². The van der Waals surface area contributed by atoms with Crippen LogP contribution in [0.15, 0.2) is 77.3 Å². The molecule has 2 aliphatic rings. The van der Waals surface area contributed by atoms with Gasteiger partial charge in [-0.1, -0.05) is 86.6 Å². The summed E-state index contributed by atoms with van der Waals surface area (Å²) in [4.78, 5) is 14.3. The van der Waals surface area contributed by atoms with Crippen LogP contribution in [0, 0.1) is 11.8 Å². The highest BCUT2D eigenvalue weighted by atomic mass is 28.4. The van der Waals surface area contributed by atoms with Gasteiger partial charge in [0.2, 0.25) is 0 Å². The monoisotopic (exact) mass is 726 g/mol. The van der Waals surface area contributed by atoms with Crippen LogP contribution in [0.3, 0.4) is 0 Å². The first-order valence-electron chi connectivity index (χ1n) is 19.3. The number of fused-ring (bicyclic) bond motifs is 1. The molecule has 0 atom stereocenters. The van der Waals surface area contributed by atoms with Gasteiger partial charge in [-0.3, -0.25) is 0 Å². The van der Waals surface area contributed by atoms with E-state index in [-0.39, 0.29) is 23.8 Å². The lowest BCUT2D eigenvalue weighted by atomic mass is 9.88. The predicted octanol–water partition coefficient (Wildman–Crippen LogP) is 8.41. The van der Waals surface area contributed by atoms with Gasteiger partial charge in [-0.2, -0.15) is 0 Å². The first kappa shape index (κ1) is 38.1. The number of nitrogens with zero attached hydrogens (tertiary/aromatic N) is 2. The van der Waals surface area contributed by atoms with Crippen molar-refractivity contribution in [2.45, 2.75) is 116 Å². The molecule has 2 fully saturated rings. The molecule has 1 saturated heterocycles. The van der Waals surface area contributed by atoms with Gasteiger partial charge in [0.1, 0.15) is 11.4 Å². The molecule has 0 radical (unpaired) electrons. The molecule has 1 N–H and O–H groups in total. The molecular weight excluding hydrogens is 669 g/mol. The van der Waals surface area contributed by atoms with Crippen molar-refractivity contribution in [2.75, 3.05) is 19.7 Å². The lowest BCUT2D eigenvalue weighted by Crippen LogP contribution is -2.67. The number of piperidine rings is 1. The number of aryl methyl sites for hydroxylation is 1. The molecule has 8 nitrogen and oxygen atoms in total. The molecule has 1 aliphatic carbocycles. The average molecular weight is 727 g/mol. The van der Waals surface area contributed by atoms with Crippen LogP contribution in [-0.4, -0.2) is 61.0 Å². The number of aliphatic hydroxyl groups is 1. The Balaban J connectivity index is 1.04. The molecular formula is C43H58N2O6Si. The molecule has 0 spiro atoms. The summed E-state index contributed by atoms with van der Waals surface area (Å²) in [6, 6.07) is 25.8. The van der Waals surface area contributed by atoms with Crippen molar-refractivity contribution in [3.05, 3.63) is 84.1 Å². The van der Waals surface area contributed by atoms with Gasteiger partial charge < -0.3 is 28.4 Å². The summed E-state index contributed by atoms with van der Waals surface area (Å²) < 4.78 is 25.2. The lowest BCUT2D eigenvalue weighted by Gasteiger charge is -2.46. The van der Waals surface area contributed by atoms with Gasteiger partial charge >= 0.3 is 6.09 Å². The number of ether oxygens (including phenoxy) is 2. The Morgan fingerprint density at radius 1 is 0.846 bits per heavy atom. The Kier molecular flexibility index (Phi) is 11.8. The van der Waals surface area contributed by atoms with Crippen molar-refractivity contribution in [2.24, 2.45) is 11.8 Å². The normalized spacial score (nSPS) is 19.2. The largest absolute Gasteiger partial charge is 0.493 e. The van der Waals surface area contributed by atoms with Crippen LogP contribution in [0.1, 0.15) is 97.7 Å². The summed E-state index contributed by atoms with van der Waals surface area (Å²) in [6.45, 7) is 14.6. The van der Waals surface area contributed by atoms with Gasteiger partial charge in [0.05, 0.1) is 24.5 Å². The highest BCUT2D eigenvalue weighted by Crippen LogP contribution is 2.40.